The van der Waals surface area contributed by atoms with Crippen LogP contribution in [-0.4, -0.2) is 35.1 Å². The third kappa shape index (κ3) is 4.03. The number of alkyl halides is 1. The maximum Gasteiger partial charge on any atom is 0.407 e. The van der Waals surface area contributed by atoms with E-state index in [-0.39, 0.29) is 12.8 Å². The zero-order valence-corrected chi connectivity index (χ0v) is 9.29. The first-order valence-corrected chi connectivity index (χ1v) is 5.09. The van der Waals surface area contributed by atoms with E-state index in [1.807, 2.05) is 0 Å². The van der Waals surface area contributed by atoms with E-state index in [2.05, 4.69) is 5.32 Å². The monoisotopic (exact) mass is 219 g/mol. The molecular weight excluding hydrogens is 201 g/mol. The van der Waals surface area contributed by atoms with E-state index in [0.717, 1.165) is 0 Å². The second-order valence-corrected chi connectivity index (χ2v) is 4.89. The van der Waals surface area contributed by atoms with Crippen LogP contribution in [0.4, 0.5) is 9.18 Å². The lowest BCUT2D eigenvalue weighted by molar-refractivity contribution is 0.0483. The van der Waals surface area contributed by atoms with Crippen LogP contribution in [0.3, 0.4) is 0 Å². The van der Waals surface area contributed by atoms with Gasteiger partial charge in [0.1, 0.15) is 11.8 Å². The van der Waals surface area contributed by atoms with E-state index < -0.39 is 30.0 Å². The molecule has 3 atom stereocenters. The van der Waals surface area contributed by atoms with Crippen molar-refractivity contribution < 1.29 is 19.0 Å². The number of nitrogens with one attached hydrogen (secondary N) is 1. The molecule has 5 heteroatoms. The summed E-state index contributed by atoms with van der Waals surface area (Å²) in [5, 5.41) is 11.6. The second-order valence-electron chi connectivity index (χ2n) is 4.89. The van der Waals surface area contributed by atoms with Gasteiger partial charge in [-0.15, -0.1) is 0 Å². The predicted octanol–water partition coefficient (Wildman–Crippen LogP) is 1.37. The third-order valence-electron chi connectivity index (χ3n) is 2.16. The van der Waals surface area contributed by atoms with Crippen LogP contribution in [0.15, 0.2) is 0 Å². The number of aliphatic hydroxyl groups is 1. The van der Waals surface area contributed by atoms with Crippen molar-refractivity contribution >= 4 is 6.09 Å². The summed E-state index contributed by atoms with van der Waals surface area (Å²) < 4.78 is 18.2. The Kier molecular flexibility index (Phi) is 3.54. The molecule has 0 heterocycles. The number of carbonyl (C=O) groups is 1. The first-order valence-electron chi connectivity index (χ1n) is 5.09. The van der Waals surface area contributed by atoms with Gasteiger partial charge in [-0.2, -0.15) is 0 Å². The normalized spacial score (nSPS) is 31.4. The number of alkyl carbamates (subject to hydrolysis) is 1. The summed E-state index contributed by atoms with van der Waals surface area (Å²) in [5.74, 6) is 0. The fourth-order valence-corrected chi connectivity index (χ4v) is 1.57. The van der Waals surface area contributed by atoms with Crippen LogP contribution in [0.1, 0.15) is 33.6 Å². The fourth-order valence-electron chi connectivity index (χ4n) is 1.57. The molecule has 1 saturated carbocycles. The van der Waals surface area contributed by atoms with Gasteiger partial charge in [-0.3, -0.25) is 0 Å². The Balaban J connectivity index is 2.39. The molecule has 4 nitrogen and oxygen atoms in total. The Morgan fingerprint density at radius 1 is 1.47 bits per heavy atom. The average molecular weight is 219 g/mol. The largest absolute Gasteiger partial charge is 0.444 e. The Morgan fingerprint density at radius 2 is 2.07 bits per heavy atom. The molecule has 2 N–H and O–H groups in total. The molecule has 0 radical (unpaired) electrons. The van der Waals surface area contributed by atoms with Crippen LogP contribution in [0.5, 0.6) is 0 Å². The van der Waals surface area contributed by atoms with E-state index in [1.54, 1.807) is 20.8 Å². The quantitative estimate of drug-likeness (QED) is 0.700. The van der Waals surface area contributed by atoms with Gasteiger partial charge in [0.25, 0.3) is 0 Å². The number of amides is 1. The van der Waals surface area contributed by atoms with Gasteiger partial charge in [-0.1, -0.05) is 0 Å². The number of rotatable bonds is 1. The van der Waals surface area contributed by atoms with Crippen molar-refractivity contribution in [1.82, 2.24) is 5.32 Å². The Bertz CT molecular complexity index is 239. The summed E-state index contributed by atoms with van der Waals surface area (Å²) in [5.41, 5.74) is -0.590. The lowest BCUT2D eigenvalue weighted by Gasteiger charge is -2.22. The third-order valence-corrected chi connectivity index (χ3v) is 2.16. The van der Waals surface area contributed by atoms with E-state index in [4.69, 9.17) is 4.74 Å². The number of ether oxygens (including phenoxy) is 1. The van der Waals surface area contributed by atoms with E-state index in [9.17, 15) is 14.3 Å². The van der Waals surface area contributed by atoms with Gasteiger partial charge < -0.3 is 15.2 Å². The first-order chi connectivity index (χ1) is 6.78. The van der Waals surface area contributed by atoms with E-state index >= 15 is 0 Å². The Hall–Kier alpha value is -0.840. The van der Waals surface area contributed by atoms with Crippen LogP contribution < -0.4 is 5.32 Å². The fraction of sp³-hybridized carbons (Fsp3) is 0.900. The maximum atomic E-state index is 13.2. The summed E-state index contributed by atoms with van der Waals surface area (Å²) in [6.07, 6.45) is -2.15. The lowest BCUT2D eigenvalue weighted by atomic mass is 10.2. The molecule has 15 heavy (non-hydrogen) atoms. The van der Waals surface area contributed by atoms with Gasteiger partial charge in [-0.05, 0) is 27.2 Å². The number of halogens is 1. The molecule has 1 fully saturated rings. The zero-order chi connectivity index (χ0) is 11.6. The van der Waals surface area contributed by atoms with Crippen molar-refractivity contribution in [3.63, 3.8) is 0 Å². The molecule has 0 bridgehead atoms. The van der Waals surface area contributed by atoms with Gasteiger partial charge in [0.05, 0.1) is 12.1 Å². The predicted molar refractivity (Wildman–Crippen MR) is 53.3 cm³/mol. The molecule has 0 unspecified atom stereocenters. The molecule has 0 aliphatic heterocycles. The van der Waals surface area contributed by atoms with Gasteiger partial charge in [-0.25, -0.2) is 9.18 Å². The van der Waals surface area contributed by atoms with Gasteiger partial charge >= 0.3 is 6.09 Å². The van der Waals surface area contributed by atoms with Gasteiger partial charge in [0.15, 0.2) is 0 Å². The molecule has 0 saturated heterocycles. The van der Waals surface area contributed by atoms with Crippen LogP contribution in [-0.2, 0) is 4.74 Å². The molecule has 0 aromatic rings. The first kappa shape index (κ1) is 12.2. The number of aliphatic hydroxyl groups excluding tert-OH is 1. The van der Waals surface area contributed by atoms with Gasteiger partial charge in [0.2, 0.25) is 0 Å². The van der Waals surface area contributed by atoms with E-state index in [1.165, 1.54) is 0 Å². The molecule has 1 rings (SSSR count). The smallest absolute Gasteiger partial charge is 0.407 e. The van der Waals surface area contributed by atoms with Crippen molar-refractivity contribution in [3.8, 4) is 0 Å². The molecular formula is C10H18FNO3. The molecule has 1 aliphatic rings. The Morgan fingerprint density at radius 3 is 2.47 bits per heavy atom. The topological polar surface area (TPSA) is 58.6 Å². The minimum absolute atomic E-state index is 0.0838. The minimum Gasteiger partial charge on any atom is -0.444 e. The standard InChI is InChI=1S/C10H18FNO3/c1-10(2,3)15-9(14)12-8-5-6(13)4-7(8)11/h6-8,13H,4-5H2,1-3H3,(H,12,14)/t6-,7-,8-/m0/s1. The molecule has 1 amide bonds. The maximum absolute atomic E-state index is 13.2. The summed E-state index contributed by atoms with van der Waals surface area (Å²) >= 11 is 0. The molecule has 0 aromatic heterocycles. The van der Waals surface area contributed by atoms with Crippen LogP contribution >= 0.6 is 0 Å². The second kappa shape index (κ2) is 4.35. The van der Waals surface area contributed by atoms with Crippen molar-refractivity contribution in [2.45, 2.75) is 57.5 Å². The van der Waals surface area contributed by atoms with Crippen molar-refractivity contribution in [2.24, 2.45) is 0 Å². The molecule has 0 aromatic carbocycles. The van der Waals surface area contributed by atoms with Crippen molar-refractivity contribution in [3.05, 3.63) is 0 Å². The molecule has 88 valence electrons. The summed E-state index contributed by atoms with van der Waals surface area (Å²) in [7, 11) is 0. The van der Waals surface area contributed by atoms with E-state index in [0.29, 0.717) is 0 Å². The zero-order valence-electron chi connectivity index (χ0n) is 9.29. The molecule has 1 aliphatic carbocycles. The van der Waals surface area contributed by atoms with Crippen molar-refractivity contribution in [2.75, 3.05) is 0 Å². The summed E-state index contributed by atoms with van der Waals surface area (Å²) in [4.78, 5) is 11.3. The minimum atomic E-state index is -1.19. The van der Waals surface area contributed by atoms with Gasteiger partial charge in [0, 0.05) is 6.42 Å². The Labute approximate surface area is 88.8 Å². The van der Waals surface area contributed by atoms with Crippen molar-refractivity contribution in [1.29, 1.82) is 0 Å². The average Bonchev–Trinajstić information content (AvgIpc) is 2.25. The highest BCUT2D eigenvalue weighted by Gasteiger charge is 2.35. The number of hydrogen-bond donors (Lipinski definition) is 2. The number of hydrogen-bond acceptors (Lipinski definition) is 3. The lowest BCUT2D eigenvalue weighted by Crippen LogP contribution is -2.41. The highest BCUT2D eigenvalue weighted by molar-refractivity contribution is 5.68. The SMILES string of the molecule is CC(C)(C)OC(=O)N[C@H]1C[C@@H](O)C[C@@H]1F. The number of carbonyl (C=O) groups excluding carboxylic acids is 1. The highest BCUT2D eigenvalue weighted by Crippen LogP contribution is 2.23. The van der Waals surface area contributed by atoms with Crippen LogP contribution in [0.2, 0.25) is 0 Å². The molecule has 0 spiro atoms. The highest BCUT2D eigenvalue weighted by atomic mass is 19.1. The van der Waals surface area contributed by atoms with Crippen LogP contribution in [0.25, 0.3) is 0 Å². The summed E-state index contributed by atoms with van der Waals surface area (Å²) in [6.45, 7) is 5.22. The van der Waals surface area contributed by atoms with Crippen LogP contribution in [0, 0.1) is 0 Å². The summed E-state index contributed by atoms with van der Waals surface area (Å²) in [6, 6.07) is -0.630.